The van der Waals surface area contributed by atoms with Crippen molar-refractivity contribution in [3.05, 3.63) is 59.7 Å². The Morgan fingerprint density at radius 1 is 1.00 bits per heavy atom. The van der Waals surface area contributed by atoms with Crippen LogP contribution in [-0.4, -0.2) is 47.2 Å². The average molecular weight is 453 g/mol. The van der Waals surface area contributed by atoms with E-state index in [-0.39, 0.29) is 18.9 Å². The van der Waals surface area contributed by atoms with E-state index in [0.29, 0.717) is 0 Å². The maximum absolute atomic E-state index is 12.5. The zero-order valence-electron chi connectivity index (χ0n) is 19.1. The maximum atomic E-state index is 12.5. The van der Waals surface area contributed by atoms with E-state index < -0.39 is 29.3 Å². The predicted molar refractivity (Wildman–Crippen MR) is 124 cm³/mol. The predicted octanol–water partition coefficient (Wildman–Crippen LogP) is 4.76. The summed E-state index contributed by atoms with van der Waals surface area (Å²) in [5.74, 6) is -1.43. The number of alkyl carbamates (subject to hydrolysis) is 1. The van der Waals surface area contributed by atoms with Crippen LogP contribution in [0.4, 0.5) is 9.59 Å². The molecule has 2 N–H and O–H groups in total. The van der Waals surface area contributed by atoms with E-state index in [1.54, 1.807) is 20.8 Å². The number of nitrogens with one attached hydrogen (secondary N) is 1. The summed E-state index contributed by atoms with van der Waals surface area (Å²) in [6.07, 6.45) is -0.818. The second-order valence-corrected chi connectivity index (χ2v) is 9.08. The highest BCUT2D eigenvalue weighted by atomic mass is 16.6. The molecule has 174 valence electrons. The van der Waals surface area contributed by atoms with E-state index in [0.717, 1.165) is 28.5 Å². The first-order chi connectivity index (χ1) is 15.5. The van der Waals surface area contributed by atoms with Crippen molar-refractivity contribution in [2.24, 2.45) is 4.99 Å². The molecule has 0 bridgehead atoms. The van der Waals surface area contributed by atoms with Gasteiger partial charge in [0.1, 0.15) is 17.7 Å². The van der Waals surface area contributed by atoms with Crippen molar-refractivity contribution in [2.75, 3.05) is 6.61 Å². The molecule has 0 unspecified atom stereocenters. The van der Waals surface area contributed by atoms with Crippen LogP contribution in [0.5, 0.6) is 0 Å². The number of fused-ring (bicyclic) bond motifs is 3. The van der Waals surface area contributed by atoms with Crippen LogP contribution >= 0.6 is 0 Å². The highest BCUT2D eigenvalue weighted by molar-refractivity contribution is 5.89. The number of carbonyl (C=O) groups excluding carboxylic acids is 2. The Kier molecular flexibility index (Phi) is 6.86. The Morgan fingerprint density at radius 2 is 1.55 bits per heavy atom. The standard InChI is InChI=1S/C25H28N2O6/c1-24(2,3)33-22(30)26-14-13-25(4,21(28)29)27-23(31)32-15-20-18-11-7-5-9-16(18)17-10-6-8-12-19(17)20/h5-12,14,20H,13,15H2,1-4H3,(H,27,31)(H,28,29)/b26-14-/t25-/m1/s1. The van der Waals surface area contributed by atoms with E-state index in [2.05, 4.69) is 10.3 Å². The first-order valence-electron chi connectivity index (χ1n) is 10.6. The quantitative estimate of drug-likeness (QED) is 0.611. The molecule has 8 heteroatoms. The van der Waals surface area contributed by atoms with E-state index in [9.17, 15) is 19.5 Å². The van der Waals surface area contributed by atoms with E-state index in [4.69, 9.17) is 9.47 Å². The fraction of sp³-hybridized carbons (Fsp3) is 0.360. The SMILES string of the molecule is CC(C)(C)OC(=O)/N=C\C[C@@](C)(NC(=O)OCC1c2ccccc2-c2ccccc21)C(=O)O. The molecule has 33 heavy (non-hydrogen) atoms. The molecule has 2 amide bonds. The molecule has 0 saturated carbocycles. The second-order valence-electron chi connectivity index (χ2n) is 9.08. The number of ether oxygens (including phenoxy) is 2. The fourth-order valence-electron chi connectivity index (χ4n) is 3.64. The lowest BCUT2D eigenvalue weighted by atomic mass is 9.98. The van der Waals surface area contributed by atoms with Gasteiger partial charge in [-0.15, -0.1) is 0 Å². The third kappa shape index (κ3) is 5.77. The van der Waals surface area contributed by atoms with Crippen LogP contribution in [-0.2, 0) is 14.3 Å². The number of aliphatic carboxylic acids is 1. The number of amides is 2. The smallest absolute Gasteiger partial charge is 0.433 e. The number of benzene rings is 2. The maximum Gasteiger partial charge on any atom is 0.433 e. The molecule has 3 rings (SSSR count). The normalized spacial score (nSPS) is 14.8. The molecule has 1 aliphatic carbocycles. The van der Waals surface area contributed by atoms with Crippen molar-refractivity contribution in [2.45, 2.75) is 51.2 Å². The molecule has 0 radical (unpaired) electrons. The zero-order valence-corrected chi connectivity index (χ0v) is 19.1. The van der Waals surface area contributed by atoms with Crippen molar-refractivity contribution in [3.63, 3.8) is 0 Å². The second kappa shape index (κ2) is 9.44. The summed E-state index contributed by atoms with van der Waals surface area (Å²) in [5, 5.41) is 12.0. The Labute approximate surface area is 192 Å². The summed E-state index contributed by atoms with van der Waals surface area (Å²) in [4.78, 5) is 39.6. The molecule has 0 aromatic heterocycles. The van der Waals surface area contributed by atoms with Crippen LogP contribution in [0.1, 0.15) is 51.2 Å². The Balaban J connectivity index is 1.64. The number of nitrogens with zero attached hydrogens (tertiary/aromatic N) is 1. The van der Waals surface area contributed by atoms with Crippen molar-refractivity contribution in [3.8, 4) is 11.1 Å². The highest BCUT2D eigenvalue weighted by Gasteiger charge is 2.36. The lowest BCUT2D eigenvalue weighted by Gasteiger charge is -2.25. The number of hydrogen-bond acceptors (Lipinski definition) is 5. The molecule has 0 spiro atoms. The summed E-state index contributed by atoms with van der Waals surface area (Å²) in [5.41, 5.74) is 1.86. The summed E-state index contributed by atoms with van der Waals surface area (Å²) >= 11 is 0. The van der Waals surface area contributed by atoms with Crippen LogP contribution in [0, 0.1) is 0 Å². The largest absolute Gasteiger partial charge is 0.480 e. The molecule has 1 atom stereocenters. The van der Waals surface area contributed by atoms with E-state index in [1.807, 2.05) is 48.5 Å². The number of carboxylic acid groups (broad SMARTS) is 1. The van der Waals surface area contributed by atoms with Gasteiger partial charge >= 0.3 is 18.2 Å². The van der Waals surface area contributed by atoms with Gasteiger partial charge in [-0.3, -0.25) is 0 Å². The molecule has 0 aliphatic heterocycles. The Hall–Kier alpha value is -3.68. The van der Waals surface area contributed by atoms with Crippen LogP contribution in [0.3, 0.4) is 0 Å². The minimum Gasteiger partial charge on any atom is -0.480 e. The lowest BCUT2D eigenvalue weighted by Crippen LogP contribution is -2.52. The molecular formula is C25H28N2O6. The summed E-state index contributed by atoms with van der Waals surface area (Å²) in [6, 6.07) is 15.8. The van der Waals surface area contributed by atoms with Crippen molar-refractivity contribution < 1.29 is 29.0 Å². The summed E-state index contributed by atoms with van der Waals surface area (Å²) < 4.78 is 10.5. The first-order valence-corrected chi connectivity index (χ1v) is 10.6. The van der Waals surface area contributed by atoms with Crippen molar-refractivity contribution in [1.82, 2.24) is 5.32 Å². The van der Waals surface area contributed by atoms with Gasteiger partial charge in [-0.2, -0.15) is 4.99 Å². The van der Waals surface area contributed by atoms with Gasteiger partial charge in [0.05, 0.1) is 0 Å². The minimum atomic E-state index is -1.71. The molecular weight excluding hydrogens is 424 g/mol. The topological polar surface area (TPSA) is 114 Å². The minimum absolute atomic E-state index is 0.0571. The third-order valence-corrected chi connectivity index (χ3v) is 5.28. The molecule has 0 saturated heterocycles. The van der Waals surface area contributed by atoms with Gasteiger partial charge in [-0.1, -0.05) is 48.5 Å². The van der Waals surface area contributed by atoms with Gasteiger partial charge in [-0.25, -0.2) is 14.4 Å². The van der Waals surface area contributed by atoms with Crippen LogP contribution in [0.2, 0.25) is 0 Å². The van der Waals surface area contributed by atoms with Crippen LogP contribution in [0.15, 0.2) is 53.5 Å². The molecule has 0 heterocycles. The van der Waals surface area contributed by atoms with Gasteiger partial charge in [0.2, 0.25) is 0 Å². The van der Waals surface area contributed by atoms with Gasteiger partial charge in [0.15, 0.2) is 0 Å². The fourth-order valence-corrected chi connectivity index (χ4v) is 3.64. The number of aliphatic imine (C=N–C) groups is 1. The highest BCUT2D eigenvalue weighted by Crippen LogP contribution is 2.44. The van der Waals surface area contributed by atoms with E-state index >= 15 is 0 Å². The Morgan fingerprint density at radius 3 is 2.06 bits per heavy atom. The number of rotatable bonds is 6. The first kappa shape index (κ1) is 24.0. The molecule has 2 aromatic rings. The molecule has 0 fully saturated rings. The Bertz CT molecular complexity index is 1040. The molecule has 1 aliphatic rings. The van der Waals surface area contributed by atoms with Crippen molar-refractivity contribution >= 4 is 24.4 Å². The number of carbonyl (C=O) groups is 3. The van der Waals surface area contributed by atoms with Crippen LogP contribution in [0.25, 0.3) is 11.1 Å². The van der Waals surface area contributed by atoms with E-state index in [1.165, 1.54) is 6.92 Å². The third-order valence-electron chi connectivity index (χ3n) is 5.28. The lowest BCUT2D eigenvalue weighted by molar-refractivity contribution is -0.143. The molecule has 2 aromatic carbocycles. The van der Waals surface area contributed by atoms with Gasteiger partial charge < -0.3 is 19.9 Å². The number of hydrogen-bond donors (Lipinski definition) is 2. The van der Waals surface area contributed by atoms with Crippen molar-refractivity contribution in [1.29, 1.82) is 0 Å². The summed E-state index contributed by atoms with van der Waals surface area (Å²) in [6.45, 7) is 6.46. The van der Waals surface area contributed by atoms with Gasteiger partial charge in [0.25, 0.3) is 0 Å². The van der Waals surface area contributed by atoms with Gasteiger partial charge in [-0.05, 0) is 49.9 Å². The summed E-state index contributed by atoms with van der Waals surface area (Å²) in [7, 11) is 0. The number of carboxylic acids is 1. The zero-order chi connectivity index (χ0) is 24.2. The van der Waals surface area contributed by atoms with Crippen LogP contribution < -0.4 is 5.32 Å². The van der Waals surface area contributed by atoms with Gasteiger partial charge in [0, 0.05) is 18.6 Å². The average Bonchev–Trinajstić information content (AvgIpc) is 3.04. The molecule has 8 nitrogen and oxygen atoms in total. The monoisotopic (exact) mass is 452 g/mol.